The molecule has 0 fully saturated rings. The van der Waals surface area contributed by atoms with Gasteiger partial charge in [-0.15, -0.1) is 0 Å². The first-order valence-corrected chi connectivity index (χ1v) is 9.65. The molecule has 3 N–H and O–H groups in total. The number of aliphatic hydroxyl groups is 2. The van der Waals surface area contributed by atoms with Gasteiger partial charge in [-0.25, -0.2) is 4.39 Å². The van der Waals surface area contributed by atoms with Crippen LogP contribution in [0, 0.1) is 16.6 Å². The standard InChI is InChI=1S/C23H31FO4.Na.H/c1-22(2)13-19(15-5-7-16(24)8-6-15)20(23(3,4)14-22)10-9-17(25)11-18(26)12-21(27)28;;/h5-10,17-18,25-26H,11-14H2,1-4H3,(H,27,28);;/b10-9+;;. The number of carbonyl (C=O) groups is 1. The molecule has 156 valence electrons. The van der Waals surface area contributed by atoms with Gasteiger partial charge in [0.1, 0.15) is 5.82 Å². The Morgan fingerprint density at radius 3 is 2.31 bits per heavy atom. The molecule has 0 aromatic heterocycles. The number of hydrogen-bond acceptors (Lipinski definition) is 3. The number of hydrogen-bond donors (Lipinski definition) is 3. The van der Waals surface area contributed by atoms with Crippen molar-refractivity contribution in [3.8, 4) is 0 Å². The Balaban J connectivity index is 0.00000420. The van der Waals surface area contributed by atoms with Crippen molar-refractivity contribution in [1.82, 2.24) is 0 Å². The van der Waals surface area contributed by atoms with Crippen molar-refractivity contribution in [1.29, 1.82) is 0 Å². The van der Waals surface area contributed by atoms with Crippen molar-refractivity contribution in [2.45, 2.75) is 65.6 Å². The Morgan fingerprint density at radius 1 is 1.17 bits per heavy atom. The van der Waals surface area contributed by atoms with Crippen molar-refractivity contribution >= 4 is 41.1 Å². The Bertz CT molecular complexity index is 766. The molecule has 2 unspecified atom stereocenters. The summed E-state index contributed by atoms with van der Waals surface area (Å²) in [6.45, 7) is 8.75. The van der Waals surface area contributed by atoms with E-state index in [0.29, 0.717) is 0 Å². The first-order chi connectivity index (χ1) is 12.9. The molecule has 0 bridgehead atoms. The average Bonchev–Trinajstić information content (AvgIpc) is 2.51. The molecule has 0 amide bonds. The van der Waals surface area contributed by atoms with Crippen LogP contribution in [-0.2, 0) is 4.79 Å². The van der Waals surface area contributed by atoms with Gasteiger partial charge in [0.15, 0.2) is 0 Å². The zero-order valence-corrected chi connectivity index (χ0v) is 17.1. The van der Waals surface area contributed by atoms with Crippen LogP contribution in [0.25, 0.3) is 5.57 Å². The average molecular weight is 414 g/mol. The van der Waals surface area contributed by atoms with E-state index in [4.69, 9.17) is 5.11 Å². The molecule has 1 aromatic carbocycles. The predicted molar refractivity (Wildman–Crippen MR) is 115 cm³/mol. The minimum absolute atomic E-state index is 0. The van der Waals surface area contributed by atoms with Crippen molar-refractivity contribution in [3.05, 3.63) is 53.4 Å². The van der Waals surface area contributed by atoms with E-state index in [1.54, 1.807) is 18.2 Å². The molecule has 0 saturated carbocycles. The summed E-state index contributed by atoms with van der Waals surface area (Å²) in [7, 11) is 0. The number of allylic oxidation sites excluding steroid dienone is 3. The number of halogens is 1. The SMILES string of the molecule is CC1(C)CC(c2ccc(F)cc2)=C(/C=C/C(O)CC(O)CC(=O)O)C(C)(C)C1.[NaH]. The van der Waals surface area contributed by atoms with Gasteiger partial charge in [0, 0.05) is 6.42 Å². The molecule has 2 rings (SSSR count). The van der Waals surface area contributed by atoms with E-state index < -0.39 is 24.6 Å². The maximum atomic E-state index is 13.4. The quantitative estimate of drug-likeness (QED) is 0.591. The van der Waals surface area contributed by atoms with E-state index in [2.05, 4.69) is 27.7 Å². The molecular weight excluding hydrogens is 382 g/mol. The second-order valence-corrected chi connectivity index (χ2v) is 9.21. The Hall–Kier alpha value is -0.980. The van der Waals surface area contributed by atoms with Crippen LogP contribution in [-0.4, -0.2) is 63.1 Å². The molecule has 0 aliphatic heterocycles. The number of rotatable bonds is 7. The summed E-state index contributed by atoms with van der Waals surface area (Å²) in [5, 5.41) is 28.7. The number of carboxylic acids is 1. The van der Waals surface area contributed by atoms with Crippen LogP contribution >= 0.6 is 0 Å². The van der Waals surface area contributed by atoms with Crippen LogP contribution in [0.2, 0.25) is 0 Å². The second kappa shape index (κ2) is 10.4. The van der Waals surface area contributed by atoms with Crippen LogP contribution in [0.3, 0.4) is 0 Å². The molecule has 4 nitrogen and oxygen atoms in total. The van der Waals surface area contributed by atoms with Crippen LogP contribution in [0.4, 0.5) is 4.39 Å². The third-order valence-electron chi connectivity index (χ3n) is 5.23. The maximum absolute atomic E-state index is 13.4. The molecule has 6 heteroatoms. The van der Waals surface area contributed by atoms with Crippen LogP contribution in [0.15, 0.2) is 42.0 Å². The number of aliphatic carboxylic acids is 1. The van der Waals surface area contributed by atoms with Crippen molar-refractivity contribution in [2.24, 2.45) is 10.8 Å². The van der Waals surface area contributed by atoms with Gasteiger partial charge in [0.2, 0.25) is 0 Å². The van der Waals surface area contributed by atoms with Gasteiger partial charge in [-0.05, 0) is 52.5 Å². The summed E-state index contributed by atoms with van der Waals surface area (Å²) in [5.41, 5.74) is 3.09. The topological polar surface area (TPSA) is 77.8 Å². The summed E-state index contributed by atoms with van der Waals surface area (Å²) < 4.78 is 13.4. The van der Waals surface area contributed by atoms with E-state index >= 15 is 0 Å². The Kier molecular flexibility index (Phi) is 9.31. The Morgan fingerprint density at radius 2 is 1.76 bits per heavy atom. The normalized spacial score (nSPS) is 20.2. The summed E-state index contributed by atoms with van der Waals surface area (Å²) >= 11 is 0. The first kappa shape index (κ1) is 26.1. The fraction of sp³-hybridized carbons (Fsp3) is 0.522. The van der Waals surface area contributed by atoms with E-state index in [1.165, 1.54) is 12.1 Å². The van der Waals surface area contributed by atoms with E-state index in [9.17, 15) is 19.4 Å². The molecule has 0 spiro atoms. The molecule has 1 aromatic rings. The van der Waals surface area contributed by atoms with Gasteiger partial charge >= 0.3 is 35.5 Å². The van der Waals surface area contributed by atoms with Gasteiger partial charge < -0.3 is 15.3 Å². The predicted octanol–water partition coefficient (Wildman–Crippen LogP) is 3.92. The van der Waals surface area contributed by atoms with E-state index in [1.807, 2.05) is 6.08 Å². The minimum atomic E-state index is -1.10. The molecule has 0 heterocycles. The molecule has 1 aliphatic carbocycles. The summed E-state index contributed by atoms with van der Waals surface area (Å²) in [5.74, 6) is -1.38. The fourth-order valence-corrected chi connectivity index (χ4v) is 4.42. The summed E-state index contributed by atoms with van der Waals surface area (Å²) in [6.07, 6.45) is 2.82. The monoisotopic (exact) mass is 414 g/mol. The molecular formula is C23H32FNaO4. The molecule has 1 aliphatic rings. The van der Waals surface area contributed by atoms with Crippen molar-refractivity contribution in [3.63, 3.8) is 0 Å². The number of aliphatic hydroxyl groups excluding tert-OH is 2. The van der Waals surface area contributed by atoms with Gasteiger partial charge in [-0.1, -0.05) is 52.0 Å². The second-order valence-electron chi connectivity index (χ2n) is 9.21. The third-order valence-corrected chi connectivity index (χ3v) is 5.23. The summed E-state index contributed by atoms with van der Waals surface area (Å²) in [4.78, 5) is 10.7. The van der Waals surface area contributed by atoms with Crippen molar-refractivity contribution < 1.29 is 24.5 Å². The number of carboxylic acid groups (broad SMARTS) is 1. The van der Waals surface area contributed by atoms with Gasteiger partial charge in [-0.3, -0.25) is 4.79 Å². The van der Waals surface area contributed by atoms with E-state index in [0.717, 1.165) is 29.6 Å². The van der Waals surface area contributed by atoms with Crippen LogP contribution < -0.4 is 0 Å². The first-order valence-electron chi connectivity index (χ1n) is 9.65. The van der Waals surface area contributed by atoms with Gasteiger partial charge in [0.25, 0.3) is 0 Å². The molecule has 29 heavy (non-hydrogen) atoms. The summed E-state index contributed by atoms with van der Waals surface area (Å²) in [6, 6.07) is 6.47. The van der Waals surface area contributed by atoms with Gasteiger partial charge in [0.05, 0.1) is 18.6 Å². The van der Waals surface area contributed by atoms with E-state index in [-0.39, 0.29) is 52.6 Å². The molecule has 2 atom stereocenters. The van der Waals surface area contributed by atoms with Gasteiger partial charge in [-0.2, -0.15) is 0 Å². The molecule has 0 radical (unpaired) electrons. The number of benzene rings is 1. The molecule has 0 saturated heterocycles. The van der Waals surface area contributed by atoms with Crippen LogP contribution in [0.5, 0.6) is 0 Å². The third kappa shape index (κ3) is 7.65. The van der Waals surface area contributed by atoms with Crippen molar-refractivity contribution in [2.75, 3.05) is 0 Å². The fourth-order valence-electron chi connectivity index (χ4n) is 4.42. The Labute approximate surface area is 194 Å². The zero-order chi connectivity index (χ0) is 21.1. The zero-order valence-electron chi connectivity index (χ0n) is 17.1. The van der Waals surface area contributed by atoms with Crippen LogP contribution in [0.1, 0.15) is 58.9 Å².